The van der Waals surface area contributed by atoms with E-state index in [4.69, 9.17) is 9.97 Å². The molecule has 3 aliphatic rings. The molecule has 2 aliphatic heterocycles. The summed E-state index contributed by atoms with van der Waals surface area (Å²) < 4.78 is 0. The van der Waals surface area contributed by atoms with Crippen LogP contribution in [-0.4, -0.2) is 90.6 Å². The van der Waals surface area contributed by atoms with Crippen molar-refractivity contribution in [3.8, 4) is 33.6 Å². The molecular formula is C53H62N8O2. The van der Waals surface area contributed by atoms with Crippen LogP contribution >= 0.6 is 0 Å². The quantitative estimate of drug-likeness (QED) is 0.113. The molecule has 2 saturated heterocycles. The Kier molecular flexibility index (Phi) is 12.7. The van der Waals surface area contributed by atoms with E-state index in [2.05, 4.69) is 124 Å². The third kappa shape index (κ3) is 8.39. The summed E-state index contributed by atoms with van der Waals surface area (Å²) >= 11 is 0. The van der Waals surface area contributed by atoms with Gasteiger partial charge in [-0.2, -0.15) is 0 Å². The number of hydrogen-bond acceptors (Lipinski definition) is 6. The van der Waals surface area contributed by atoms with E-state index in [1.807, 2.05) is 42.6 Å². The number of carbonyl (C=O) groups excluding carboxylic acids is 2. The first kappa shape index (κ1) is 42.5. The summed E-state index contributed by atoms with van der Waals surface area (Å²) in [6.07, 6.45) is 8.55. The van der Waals surface area contributed by atoms with E-state index in [9.17, 15) is 9.59 Å². The molecular weight excluding hydrogens is 781 g/mol. The van der Waals surface area contributed by atoms with Gasteiger partial charge in [-0.25, -0.2) is 9.97 Å². The average molecular weight is 843 g/mol. The third-order valence-corrected chi connectivity index (χ3v) is 13.9. The number of aromatic amines is 2. The number of likely N-dealkylation sites (N-methyl/N-ethyl adjacent to an activating group) is 2. The molecule has 4 atom stereocenters. The van der Waals surface area contributed by atoms with Crippen molar-refractivity contribution in [3.63, 3.8) is 0 Å². The largest absolute Gasteiger partial charge is 0.344 e. The second-order valence-corrected chi connectivity index (χ2v) is 17.4. The van der Waals surface area contributed by atoms with Crippen molar-refractivity contribution in [1.82, 2.24) is 39.5 Å². The number of likely N-dealkylation sites (tertiary alicyclic amines) is 2. The molecule has 9 rings (SSSR count). The van der Waals surface area contributed by atoms with Gasteiger partial charge in [-0.3, -0.25) is 19.4 Å². The number of aryl methyl sites for hydroxylation is 2. The van der Waals surface area contributed by atoms with Crippen LogP contribution in [0.1, 0.15) is 118 Å². The van der Waals surface area contributed by atoms with Gasteiger partial charge >= 0.3 is 0 Å². The van der Waals surface area contributed by atoms with Gasteiger partial charge in [-0.1, -0.05) is 119 Å². The Morgan fingerprint density at radius 1 is 0.635 bits per heavy atom. The second kappa shape index (κ2) is 18.9. The molecule has 10 heteroatoms. The van der Waals surface area contributed by atoms with Crippen LogP contribution in [0.4, 0.5) is 0 Å². The smallest absolute Gasteiger partial charge is 0.245 e. The van der Waals surface area contributed by atoms with E-state index < -0.39 is 0 Å². The fourth-order valence-corrected chi connectivity index (χ4v) is 10.6. The number of H-pyrrole nitrogens is 2. The van der Waals surface area contributed by atoms with Gasteiger partial charge in [0.25, 0.3) is 0 Å². The molecule has 10 nitrogen and oxygen atoms in total. The lowest BCUT2D eigenvalue weighted by Gasteiger charge is -2.34. The minimum absolute atomic E-state index is 0.0871. The van der Waals surface area contributed by atoms with E-state index in [0.717, 1.165) is 141 Å². The predicted molar refractivity (Wildman–Crippen MR) is 251 cm³/mol. The Morgan fingerprint density at radius 3 is 1.81 bits per heavy atom. The molecule has 0 unspecified atom stereocenters. The summed E-state index contributed by atoms with van der Waals surface area (Å²) in [5.41, 5.74) is 11.0. The van der Waals surface area contributed by atoms with Crippen LogP contribution in [0.25, 0.3) is 33.6 Å². The molecule has 0 bridgehead atoms. The number of carbonyl (C=O) groups is 2. The summed E-state index contributed by atoms with van der Waals surface area (Å²) in [6, 6.07) is 35.1. The Balaban J connectivity index is 0.969. The van der Waals surface area contributed by atoms with E-state index in [1.165, 1.54) is 11.1 Å². The van der Waals surface area contributed by atoms with Crippen molar-refractivity contribution < 1.29 is 9.59 Å². The van der Waals surface area contributed by atoms with E-state index in [0.29, 0.717) is 0 Å². The zero-order valence-corrected chi connectivity index (χ0v) is 37.4. The van der Waals surface area contributed by atoms with Crippen molar-refractivity contribution in [2.75, 3.05) is 39.3 Å². The molecule has 326 valence electrons. The number of nitrogens with one attached hydrogen (secondary N) is 2. The lowest BCUT2D eigenvalue weighted by Crippen LogP contribution is -2.43. The second-order valence-electron chi connectivity index (χ2n) is 17.4. The topological polar surface area (TPSA) is 104 Å². The highest BCUT2D eigenvalue weighted by Gasteiger charge is 2.40. The molecule has 2 fully saturated rings. The van der Waals surface area contributed by atoms with Gasteiger partial charge in [0.15, 0.2) is 0 Å². The van der Waals surface area contributed by atoms with Crippen LogP contribution in [0.3, 0.4) is 0 Å². The molecule has 4 heterocycles. The first-order chi connectivity index (χ1) is 30.9. The van der Waals surface area contributed by atoms with Crippen LogP contribution in [0, 0.1) is 0 Å². The molecule has 2 aromatic heterocycles. The van der Waals surface area contributed by atoms with Crippen molar-refractivity contribution in [2.45, 2.75) is 96.8 Å². The molecule has 63 heavy (non-hydrogen) atoms. The van der Waals surface area contributed by atoms with Gasteiger partial charge in [-0.05, 0) is 111 Å². The maximum absolute atomic E-state index is 14.6. The minimum atomic E-state index is -0.324. The SMILES string of the molecule is CCN(CC)[C@@H](C(=O)N1CCC[C@H]1c1ncc(-c2cccc(-c3ccc4c(c3)-c3nc([C@@H]5CCCN5C(=O)[C@@H](c5ccccc5)N(CC)CC)[nH]c3CCC4)c2)[nH]1)c1ccccc1. The zero-order chi connectivity index (χ0) is 43.5. The number of imidazole rings is 2. The van der Waals surface area contributed by atoms with Gasteiger partial charge in [0.2, 0.25) is 11.8 Å². The maximum Gasteiger partial charge on any atom is 0.245 e. The average Bonchev–Trinajstić information content (AvgIpc) is 4.17. The van der Waals surface area contributed by atoms with Crippen molar-refractivity contribution in [3.05, 3.63) is 143 Å². The van der Waals surface area contributed by atoms with Crippen molar-refractivity contribution in [2.24, 2.45) is 0 Å². The third-order valence-electron chi connectivity index (χ3n) is 13.9. The van der Waals surface area contributed by atoms with Crippen LogP contribution in [0.2, 0.25) is 0 Å². The molecule has 1 aliphatic carbocycles. The van der Waals surface area contributed by atoms with Crippen molar-refractivity contribution in [1.29, 1.82) is 0 Å². The summed E-state index contributed by atoms with van der Waals surface area (Å²) in [6.45, 7) is 13.2. The first-order valence-electron chi connectivity index (χ1n) is 23.5. The molecule has 0 saturated carbocycles. The Morgan fingerprint density at radius 2 is 1.21 bits per heavy atom. The van der Waals surface area contributed by atoms with Crippen molar-refractivity contribution >= 4 is 11.8 Å². The summed E-state index contributed by atoms with van der Waals surface area (Å²) in [7, 11) is 0. The number of nitrogens with zero attached hydrogens (tertiary/aromatic N) is 6. The Labute approximate surface area is 372 Å². The Bertz CT molecular complexity index is 2500. The van der Waals surface area contributed by atoms with E-state index in [1.54, 1.807) is 0 Å². The fraction of sp³-hybridized carbons (Fsp3) is 0.396. The summed E-state index contributed by atoms with van der Waals surface area (Å²) in [5, 5.41) is 0. The first-order valence-corrected chi connectivity index (χ1v) is 23.5. The highest BCUT2D eigenvalue weighted by atomic mass is 16.2. The molecule has 2 amide bonds. The van der Waals surface area contributed by atoms with Crippen LogP contribution in [0.15, 0.2) is 109 Å². The minimum Gasteiger partial charge on any atom is -0.344 e. The monoisotopic (exact) mass is 842 g/mol. The summed E-state index contributed by atoms with van der Waals surface area (Å²) in [5.74, 6) is 2.04. The predicted octanol–water partition coefficient (Wildman–Crippen LogP) is 10.1. The number of fused-ring (bicyclic) bond motifs is 3. The Hall–Kier alpha value is -5.84. The summed E-state index contributed by atoms with van der Waals surface area (Å²) in [4.78, 5) is 55.4. The molecule has 4 aromatic carbocycles. The highest BCUT2D eigenvalue weighted by Crippen LogP contribution is 2.41. The number of amides is 2. The molecule has 6 aromatic rings. The number of hydrogen-bond donors (Lipinski definition) is 2. The van der Waals surface area contributed by atoms with Gasteiger partial charge in [0.1, 0.15) is 23.7 Å². The normalized spacial score (nSPS) is 18.4. The molecule has 0 spiro atoms. The van der Waals surface area contributed by atoms with Gasteiger partial charge < -0.3 is 19.8 Å². The van der Waals surface area contributed by atoms with Crippen LogP contribution in [0.5, 0.6) is 0 Å². The highest BCUT2D eigenvalue weighted by molar-refractivity contribution is 5.85. The van der Waals surface area contributed by atoms with Gasteiger partial charge in [0.05, 0.1) is 29.7 Å². The lowest BCUT2D eigenvalue weighted by atomic mass is 9.95. The van der Waals surface area contributed by atoms with Gasteiger partial charge in [-0.15, -0.1) is 0 Å². The maximum atomic E-state index is 14.6. The standard InChI is InChI=1S/C53H62N8O2/c1-5-58(6-2)48(37-19-11-9-12-20-37)52(62)60-31-17-27-45(60)50-54-35-44(56-50)41-25-15-24-39(33-41)40-30-29-36-23-16-26-43-47(42(36)34-40)57-51(55-43)46-28-18-32-61(46)53(63)49(59(7-3)8-4)38-21-13-10-14-22-38/h9-15,19-22,24-25,29-30,33-35,45-46,48-49H,5-8,16-18,23,26-28,31-32H2,1-4H3,(H,54,56)(H,55,57)/t45-,46-,48+,49+/m0/s1. The van der Waals surface area contributed by atoms with Gasteiger partial charge in [0, 0.05) is 29.9 Å². The fourth-order valence-electron chi connectivity index (χ4n) is 10.6. The number of aromatic nitrogens is 4. The number of rotatable bonds is 14. The number of benzene rings is 4. The van der Waals surface area contributed by atoms with E-state index in [-0.39, 0.29) is 36.0 Å². The van der Waals surface area contributed by atoms with Crippen LogP contribution in [-0.2, 0) is 22.4 Å². The van der Waals surface area contributed by atoms with E-state index >= 15 is 0 Å². The van der Waals surface area contributed by atoms with Crippen LogP contribution < -0.4 is 0 Å². The lowest BCUT2D eigenvalue weighted by molar-refractivity contribution is -0.139. The molecule has 2 N–H and O–H groups in total. The molecule has 0 radical (unpaired) electrons. The zero-order valence-electron chi connectivity index (χ0n) is 37.4.